The van der Waals surface area contributed by atoms with E-state index in [1.165, 1.54) is 6.33 Å². The third-order valence-corrected chi connectivity index (χ3v) is 5.08. The van der Waals surface area contributed by atoms with Crippen molar-refractivity contribution in [3.05, 3.63) is 102 Å². The Kier molecular flexibility index (Phi) is 6.40. The van der Waals surface area contributed by atoms with Crippen LogP contribution in [-0.4, -0.2) is 28.9 Å². The molecule has 2 N–H and O–H groups in total. The molecule has 0 saturated heterocycles. The Morgan fingerprint density at radius 1 is 0.788 bits per heavy atom. The van der Waals surface area contributed by atoms with Crippen molar-refractivity contribution in [3.63, 3.8) is 0 Å². The zero-order valence-corrected chi connectivity index (χ0v) is 18.2. The Balaban J connectivity index is 1.50. The summed E-state index contributed by atoms with van der Waals surface area (Å²) in [4.78, 5) is 33.8. The van der Waals surface area contributed by atoms with Crippen LogP contribution in [0.25, 0.3) is 11.3 Å². The Morgan fingerprint density at radius 2 is 1.52 bits per heavy atom. The molecule has 0 spiro atoms. The molecule has 1 aromatic heterocycles. The minimum absolute atomic E-state index is 0.240. The van der Waals surface area contributed by atoms with Gasteiger partial charge in [-0.15, -0.1) is 0 Å². The predicted octanol–water partition coefficient (Wildman–Crippen LogP) is 4.97. The first-order chi connectivity index (χ1) is 16.0. The fourth-order valence-corrected chi connectivity index (χ4v) is 3.22. The van der Waals surface area contributed by atoms with E-state index < -0.39 is 0 Å². The lowest BCUT2D eigenvalue weighted by atomic mass is 10.1. The molecule has 0 bridgehead atoms. The van der Waals surface area contributed by atoms with Crippen LogP contribution < -0.4 is 15.4 Å². The van der Waals surface area contributed by atoms with Crippen molar-refractivity contribution >= 4 is 23.3 Å². The second-order valence-corrected chi connectivity index (χ2v) is 7.32. The first-order valence-corrected chi connectivity index (χ1v) is 10.3. The maximum atomic E-state index is 12.9. The zero-order chi connectivity index (χ0) is 23.2. The average Bonchev–Trinajstić information content (AvgIpc) is 2.86. The SMILES string of the molecule is COc1ccc(-c2cc(NC(=O)c3ccc(C)c(NC(=O)c4ccccc4)c3)ncn2)cc1. The minimum Gasteiger partial charge on any atom is -0.497 e. The first-order valence-electron chi connectivity index (χ1n) is 10.3. The van der Waals surface area contributed by atoms with Crippen LogP contribution in [0, 0.1) is 6.92 Å². The van der Waals surface area contributed by atoms with E-state index in [4.69, 9.17) is 4.74 Å². The largest absolute Gasteiger partial charge is 0.497 e. The zero-order valence-electron chi connectivity index (χ0n) is 18.2. The maximum Gasteiger partial charge on any atom is 0.256 e. The molecule has 0 aliphatic heterocycles. The average molecular weight is 438 g/mol. The summed E-state index contributed by atoms with van der Waals surface area (Å²) in [7, 11) is 1.61. The van der Waals surface area contributed by atoms with Crippen LogP contribution in [0.4, 0.5) is 11.5 Å². The van der Waals surface area contributed by atoms with Gasteiger partial charge in [-0.05, 0) is 61.0 Å². The molecular weight excluding hydrogens is 416 g/mol. The predicted molar refractivity (Wildman–Crippen MR) is 128 cm³/mol. The molecule has 2 amide bonds. The van der Waals surface area contributed by atoms with E-state index in [0.29, 0.717) is 28.3 Å². The number of rotatable bonds is 6. The van der Waals surface area contributed by atoms with Gasteiger partial charge in [0.1, 0.15) is 17.9 Å². The topological polar surface area (TPSA) is 93.2 Å². The Morgan fingerprint density at radius 3 is 2.24 bits per heavy atom. The van der Waals surface area contributed by atoms with Crippen LogP contribution >= 0.6 is 0 Å². The number of hydrogen-bond donors (Lipinski definition) is 2. The van der Waals surface area contributed by atoms with Gasteiger partial charge in [-0.1, -0.05) is 24.3 Å². The summed E-state index contributed by atoms with van der Waals surface area (Å²) in [5, 5.41) is 5.67. The highest BCUT2D eigenvalue weighted by molar-refractivity contribution is 6.07. The molecule has 4 aromatic rings. The van der Waals surface area contributed by atoms with E-state index in [1.54, 1.807) is 55.6 Å². The second-order valence-electron chi connectivity index (χ2n) is 7.32. The van der Waals surface area contributed by atoms with E-state index in [-0.39, 0.29) is 11.8 Å². The lowest BCUT2D eigenvalue weighted by molar-refractivity contribution is 0.101. The summed E-state index contributed by atoms with van der Waals surface area (Å²) < 4.78 is 5.18. The number of ether oxygens (including phenoxy) is 1. The van der Waals surface area contributed by atoms with Crippen molar-refractivity contribution in [2.75, 3.05) is 17.7 Å². The van der Waals surface area contributed by atoms with Gasteiger partial charge in [-0.2, -0.15) is 0 Å². The molecule has 0 radical (unpaired) electrons. The number of benzene rings is 3. The molecule has 0 aliphatic rings. The molecule has 7 heteroatoms. The number of aromatic nitrogens is 2. The minimum atomic E-state index is -0.343. The molecule has 7 nitrogen and oxygen atoms in total. The van der Waals surface area contributed by atoms with Gasteiger partial charge < -0.3 is 15.4 Å². The quantitative estimate of drug-likeness (QED) is 0.444. The van der Waals surface area contributed by atoms with E-state index >= 15 is 0 Å². The lowest BCUT2D eigenvalue weighted by Crippen LogP contribution is -2.16. The van der Waals surface area contributed by atoms with Gasteiger partial charge in [-0.3, -0.25) is 9.59 Å². The van der Waals surface area contributed by atoms with Gasteiger partial charge in [-0.25, -0.2) is 9.97 Å². The van der Waals surface area contributed by atoms with Crippen molar-refractivity contribution in [1.82, 2.24) is 9.97 Å². The van der Waals surface area contributed by atoms with Crippen LogP contribution in [0.2, 0.25) is 0 Å². The monoisotopic (exact) mass is 438 g/mol. The smallest absolute Gasteiger partial charge is 0.256 e. The number of nitrogens with one attached hydrogen (secondary N) is 2. The number of hydrogen-bond acceptors (Lipinski definition) is 5. The van der Waals surface area contributed by atoms with Crippen LogP contribution in [0.3, 0.4) is 0 Å². The standard InChI is InChI=1S/C26H22N4O3/c1-17-8-9-20(14-22(17)29-25(31)19-6-4-3-5-7-19)26(32)30-24-15-23(27-16-28-24)18-10-12-21(33-2)13-11-18/h3-16H,1-2H3,(H,29,31)(H,27,28,30,32). The summed E-state index contributed by atoms with van der Waals surface area (Å²) in [5.74, 6) is 0.535. The van der Waals surface area contributed by atoms with Crippen molar-refractivity contribution in [2.45, 2.75) is 6.92 Å². The summed E-state index contributed by atoms with van der Waals surface area (Å²) in [6.45, 7) is 1.87. The van der Waals surface area contributed by atoms with Crippen molar-refractivity contribution in [3.8, 4) is 17.0 Å². The van der Waals surface area contributed by atoms with E-state index in [9.17, 15) is 9.59 Å². The van der Waals surface area contributed by atoms with Crippen LogP contribution in [0.5, 0.6) is 5.75 Å². The summed E-state index contributed by atoms with van der Waals surface area (Å²) in [6, 6.07) is 23.2. The number of aryl methyl sites for hydroxylation is 1. The summed E-state index contributed by atoms with van der Waals surface area (Å²) in [6.07, 6.45) is 1.40. The highest BCUT2D eigenvalue weighted by Gasteiger charge is 2.13. The fraction of sp³-hybridized carbons (Fsp3) is 0.0769. The van der Waals surface area contributed by atoms with Crippen LogP contribution in [0.15, 0.2) is 85.2 Å². The van der Waals surface area contributed by atoms with Gasteiger partial charge in [0, 0.05) is 28.4 Å². The van der Waals surface area contributed by atoms with Crippen LogP contribution in [-0.2, 0) is 0 Å². The normalized spacial score (nSPS) is 10.4. The number of carbonyl (C=O) groups excluding carboxylic acids is 2. The molecule has 0 saturated carbocycles. The molecule has 164 valence electrons. The third-order valence-electron chi connectivity index (χ3n) is 5.08. The molecule has 33 heavy (non-hydrogen) atoms. The number of carbonyl (C=O) groups is 2. The second kappa shape index (κ2) is 9.74. The number of amides is 2. The molecule has 0 atom stereocenters. The van der Waals surface area contributed by atoms with Crippen molar-refractivity contribution in [1.29, 1.82) is 0 Å². The van der Waals surface area contributed by atoms with Crippen LogP contribution in [0.1, 0.15) is 26.3 Å². The maximum absolute atomic E-state index is 12.9. The molecule has 1 heterocycles. The third kappa shape index (κ3) is 5.22. The molecule has 0 fully saturated rings. The van der Waals surface area contributed by atoms with Gasteiger partial charge >= 0.3 is 0 Å². The summed E-state index contributed by atoms with van der Waals surface area (Å²) >= 11 is 0. The van der Waals surface area contributed by atoms with E-state index in [2.05, 4.69) is 20.6 Å². The number of anilines is 2. The summed E-state index contributed by atoms with van der Waals surface area (Å²) in [5.41, 5.74) is 3.89. The molecule has 4 rings (SSSR count). The number of methoxy groups -OCH3 is 1. The molecular formula is C26H22N4O3. The van der Waals surface area contributed by atoms with Gasteiger partial charge in [0.25, 0.3) is 11.8 Å². The first kappa shape index (κ1) is 21.7. The highest BCUT2D eigenvalue weighted by atomic mass is 16.5. The Bertz CT molecular complexity index is 1290. The van der Waals surface area contributed by atoms with Gasteiger partial charge in [0.15, 0.2) is 0 Å². The Hall–Kier alpha value is -4.52. The van der Waals surface area contributed by atoms with E-state index in [0.717, 1.165) is 16.9 Å². The van der Waals surface area contributed by atoms with Gasteiger partial charge in [0.2, 0.25) is 0 Å². The van der Waals surface area contributed by atoms with Crippen molar-refractivity contribution in [2.24, 2.45) is 0 Å². The molecule has 0 unspecified atom stereocenters. The molecule has 0 aliphatic carbocycles. The Labute approximate surface area is 191 Å². The molecule has 3 aromatic carbocycles. The lowest BCUT2D eigenvalue weighted by Gasteiger charge is -2.11. The van der Waals surface area contributed by atoms with Gasteiger partial charge in [0.05, 0.1) is 12.8 Å². The van der Waals surface area contributed by atoms with Crippen molar-refractivity contribution < 1.29 is 14.3 Å². The number of nitrogens with zero attached hydrogens (tertiary/aromatic N) is 2. The fourth-order valence-electron chi connectivity index (χ4n) is 3.22. The highest BCUT2D eigenvalue weighted by Crippen LogP contribution is 2.23. The van der Waals surface area contributed by atoms with E-state index in [1.807, 2.05) is 37.3 Å².